The Kier molecular flexibility index (Phi) is 6.07. The molecule has 5 aromatic carbocycles. The van der Waals surface area contributed by atoms with E-state index >= 15 is 0 Å². The number of fused-ring (bicyclic) bond motifs is 3. The topological polar surface area (TPSA) is 62.7 Å². The van der Waals surface area contributed by atoms with Crippen LogP contribution in [0.5, 0.6) is 0 Å². The van der Waals surface area contributed by atoms with Gasteiger partial charge in [0.15, 0.2) is 0 Å². The summed E-state index contributed by atoms with van der Waals surface area (Å²) >= 11 is 6.35. The van der Waals surface area contributed by atoms with Gasteiger partial charge in [-0.2, -0.15) is 15.0 Å². The van der Waals surface area contributed by atoms with Crippen LogP contribution in [0.4, 0.5) is 11.9 Å². The number of rotatable bonds is 6. The number of benzene rings is 5. The highest BCUT2D eigenvalue weighted by molar-refractivity contribution is 6.28. The van der Waals surface area contributed by atoms with Gasteiger partial charge in [0.05, 0.1) is 12.1 Å². The molecule has 2 N–H and O–H groups in total. The maximum absolute atomic E-state index is 6.35. The van der Waals surface area contributed by atoms with Gasteiger partial charge in [-0.25, -0.2) is 0 Å². The van der Waals surface area contributed by atoms with E-state index in [0.717, 1.165) is 0 Å². The molecule has 1 aromatic heterocycles. The molecule has 6 heteroatoms. The molecule has 0 amide bonds. The monoisotopic (exact) mass is 503 g/mol. The van der Waals surface area contributed by atoms with Crippen LogP contribution in [0.1, 0.15) is 37.1 Å². The van der Waals surface area contributed by atoms with Crippen molar-refractivity contribution in [3.05, 3.63) is 113 Å². The zero-order valence-corrected chi connectivity index (χ0v) is 21.4. The number of hydrogen-bond donors (Lipinski definition) is 2. The quantitative estimate of drug-likeness (QED) is 0.224. The molecule has 37 heavy (non-hydrogen) atoms. The van der Waals surface area contributed by atoms with Crippen molar-refractivity contribution < 1.29 is 0 Å². The Hall–Kier alpha value is -4.22. The summed E-state index contributed by atoms with van der Waals surface area (Å²) in [6.07, 6.45) is 0. The highest BCUT2D eigenvalue weighted by Crippen LogP contribution is 2.34. The number of nitrogens with zero attached hydrogens (tertiary/aromatic N) is 3. The highest BCUT2D eigenvalue weighted by Gasteiger charge is 2.17. The summed E-state index contributed by atoms with van der Waals surface area (Å²) in [6, 6.07) is 33.7. The van der Waals surface area contributed by atoms with Gasteiger partial charge in [0, 0.05) is 0 Å². The molecule has 1 heterocycles. The van der Waals surface area contributed by atoms with Crippen molar-refractivity contribution in [3.8, 4) is 0 Å². The van der Waals surface area contributed by atoms with Crippen LogP contribution >= 0.6 is 11.6 Å². The first kappa shape index (κ1) is 23.2. The van der Waals surface area contributed by atoms with E-state index in [0.29, 0.717) is 11.9 Å². The second-order valence-electron chi connectivity index (χ2n) is 9.28. The third kappa shape index (κ3) is 4.54. The van der Waals surface area contributed by atoms with E-state index < -0.39 is 0 Å². The molecule has 0 bridgehead atoms. The largest absolute Gasteiger partial charge is 0.347 e. The van der Waals surface area contributed by atoms with Crippen LogP contribution in [-0.2, 0) is 0 Å². The minimum atomic E-state index is -0.0715. The first-order chi connectivity index (χ1) is 18.1. The zero-order chi connectivity index (χ0) is 25.4. The Bertz CT molecular complexity index is 1690. The average Bonchev–Trinajstić information content (AvgIpc) is 2.90. The van der Waals surface area contributed by atoms with Crippen LogP contribution in [0, 0.1) is 0 Å². The van der Waals surface area contributed by atoms with Gasteiger partial charge in [0.2, 0.25) is 17.2 Å². The number of nitrogens with one attached hydrogen (secondary N) is 2. The van der Waals surface area contributed by atoms with Crippen molar-refractivity contribution in [3.63, 3.8) is 0 Å². The summed E-state index contributed by atoms with van der Waals surface area (Å²) in [4.78, 5) is 13.4. The Balaban J connectivity index is 1.32. The summed E-state index contributed by atoms with van der Waals surface area (Å²) in [5, 5.41) is 14.2. The molecular weight excluding hydrogens is 478 g/mol. The zero-order valence-electron chi connectivity index (χ0n) is 20.6. The van der Waals surface area contributed by atoms with Gasteiger partial charge >= 0.3 is 0 Å². The minimum Gasteiger partial charge on any atom is -0.347 e. The third-order valence-corrected chi connectivity index (χ3v) is 7.00. The average molecular weight is 504 g/mol. The van der Waals surface area contributed by atoms with Crippen molar-refractivity contribution in [2.45, 2.75) is 25.9 Å². The van der Waals surface area contributed by atoms with Crippen LogP contribution in [0.15, 0.2) is 97.1 Å². The van der Waals surface area contributed by atoms with Crippen molar-refractivity contribution in [2.75, 3.05) is 10.6 Å². The number of aromatic nitrogens is 3. The van der Waals surface area contributed by atoms with Gasteiger partial charge in [-0.05, 0) is 75.0 Å². The Morgan fingerprint density at radius 1 is 0.568 bits per heavy atom. The predicted molar refractivity (Wildman–Crippen MR) is 154 cm³/mol. The van der Waals surface area contributed by atoms with Crippen LogP contribution in [0.3, 0.4) is 0 Å². The summed E-state index contributed by atoms with van der Waals surface area (Å²) < 4.78 is 0. The summed E-state index contributed by atoms with van der Waals surface area (Å²) in [7, 11) is 0. The van der Waals surface area contributed by atoms with Crippen molar-refractivity contribution in [2.24, 2.45) is 0 Å². The summed E-state index contributed by atoms with van der Waals surface area (Å²) in [5.74, 6) is 0.857. The third-order valence-electron chi connectivity index (χ3n) is 6.84. The predicted octanol–water partition coefficient (Wildman–Crippen LogP) is 8.33. The van der Waals surface area contributed by atoms with Gasteiger partial charge in [-0.1, -0.05) is 91.0 Å². The Morgan fingerprint density at radius 3 is 1.73 bits per heavy atom. The smallest absolute Gasteiger partial charge is 0.229 e. The van der Waals surface area contributed by atoms with E-state index in [1.54, 1.807) is 0 Å². The molecule has 0 aliphatic heterocycles. The minimum absolute atomic E-state index is 0.0307. The maximum atomic E-state index is 6.35. The standard InChI is InChI=1S/C31H26ClN5/c1-19(24-17-9-13-21-10-3-6-14-25(21)24)33-30-35-29(32)36-31(37-30)34-20(2)28-26-15-7-4-11-22(26)18-23-12-5-8-16-27(23)28/h3-20H,1-2H3,(H2,33,34,35,36,37)/t19-,20-/m1/s1. The lowest BCUT2D eigenvalue weighted by Gasteiger charge is -2.20. The van der Waals surface area contributed by atoms with Gasteiger partial charge < -0.3 is 10.6 Å². The molecule has 0 radical (unpaired) electrons. The van der Waals surface area contributed by atoms with E-state index in [2.05, 4.69) is 130 Å². The summed E-state index contributed by atoms with van der Waals surface area (Å²) in [6.45, 7) is 4.22. The molecule has 2 atom stereocenters. The van der Waals surface area contributed by atoms with E-state index in [1.165, 1.54) is 43.4 Å². The van der Waals surface area contributed by atoms with Gasteiger partial charge in [0.1, 0.15) is 0 Å². The van der Waals surface area contributed by atoms with Crippen molar-refractivity contribution >= 4 is 55.8 Å². The molecule has 182 valence electrons. The number of hydrogen-bond acceptors (Lipinski definition) is 5. The van der Waals surface area contributed by atoms with Crippen molar-refractivity contribution in [1.82, 2.24) is 15.0 Å². The summed E-state index contributed by atoms with van der Waals surface area (Å²) in [5.41, 5.74) is 2.36. The second-order valence-corrected chi connectivity index (χ2v) is 9.62. The van der Waals surface area contributed by atoms with Crippen LogP contribution in [0.2, 0.25) is 5.28 Å². The molecule has 5 nitrogen and oxygen atoms in total. The van der Waals surface area contributed by atoms with E-state index in [9.17, 15) is 0 Å². The molecule has 0 saturated carbocycles. The molecule has 0 aliphatic rings. The molecule has 6 aromatic rings. The molecular formula is C31H26ClN5. The molecule has 0 unspecified atom stereocenters. The van der Waals surface area contributed by atoms with E-state index in [-0.39, 0.29) is 17.4 Å². The van der Waals surface area contributed by atoms with E-state index in [4.69, 9.17) is 11.6 Å². The fourth-order valence-corrected chi connectivity index (χ4v) is 5.32. The fraction of sp³-hybridized carbons (Fsp3) is 0.129. The first-order valence-electron chi connectivity index (χ1n) is 12.4. The first-order valence-corrected chi connectivity index (χ1v) is 12.8. The van der Waals surface area contributed by atoms with Crippen molar-refractivity contribution in [1.29, 1.82) is 0 Å². The van der Waals surface area contributed by atoms with Gasteiger partial charge in [-0.15, -0.1) is 0 Å². The SMILES string of the molecule is C[C@@H](Nc1nc(Cl)nc(N[C@H](C)c2c3ccccc3cc3ccccc23)n1)c1cccc2ccccc12. The Labute approximate surface area is 220 Å². The lowest BCUT2D eigenvalue weighted by Crippen LogP contribution is -2.14. The van der Waals surface area contributed by atoms with E-state index in [1.807, 2.05) is 6.07 Å². The van der Waals surface area contributed by atoms with Gasteiger partial charge in [-0.3, -0.25) is 0 Å². The molecule has 0 fully saturated rings. The molecule has 0 spiro atoms. The van der Waals surface area contributed by atoms with Crippen LogP contribution in [0.25, 0.3) is 32.3 Å². The molecule has 0 saturated heterocycles. The lowest BCUT2D eigenvalue weighted by molar-refractivity contribution is 0.842. The maximum Gasteiger partial charge on any atom is 0.229 e. The fourth-order valence-electron chi connectivity index (χ4n) is 5.16. The van der Waals surface area contributed by atoms with Crippen LogP contribution in [-0.4, -0.2) is 15.0 Å². The number of halogens is 1. The van der Waals surface area contributed by atoms with Crippen LogP contribution < -0.4 is 10.6 Å². The number of anilines is 2. The normalized spacial score (nSPS) is 13.1. The highest BCUT2D eigenvalue weighted by atomic mass is 35.5. The molecule has 6 rings (SSSR count). The second kappa shape index (κ2) is 9.68. The van der Waals surface area contributed by atoms with Gasteiger partial charge in [0.25, 0.3) is 0 Å². The molecule has 0 aliphatic carbocycles. The lowest BCUT2D eigenvalue weighted by atomic mass is 9.93. The Morgan fingerprint density at radius 2 is 1.08 bits per heavy atom.